The van der Waals surface area contributed by atoms with Gasteiger partial charge in [-0.25, -0.2) is 14.0 Å². The van der Waals surface area contributed by atoms with E-state index >= 15 is 0 Å². The molecule has 122 valence electrons. The Bertz CT molecular complexity index is 546. The molecule has 1 amide bonds. The number of ether oxygens (including phenoxy) is 1. The number of alkyl carbamates (subject to hydrolysis) is 1. The van der Waals surface area contributed by atoms with Crippen LogP contribution in [0.15, 0.2) is 24.3 Å². The lowest BCUT2D eigenvalue weighted by Gasteiger charge is -2.33. The van der Waals surface area contributed by atoms with Gasteiger partial charge in [0.15, 0.2) is 0 Å². The second-order valence-electron chi connectivity index (χ2n) is 6.65. The van der Waals surface area contributed by atoms with Crippen LogP contribution in [0.4, 0.5) is 9.18 Å². The molecule has 0 aromatic heterocycles. The number of benzene rings is 1. The summed E-state index contributed by atoms with van der Waals surface area (Å²) in [5, 5.41) is 11.8. The molecule has 0 heterocycles. The Morgan fingerprint density at radius 2 is 1.64 bits per heavy atom. The summed E-state index contributed by atoms with van der Waals surface area (Å²) in [4.78, 5) is 23.4. The van der Waals surface area contributed by atoms with Crippen LogP contribution in [0.3, 0.4) is 0 Å². The highest BCUT2D eigenvalue weighted by atomic mass is 19.1. The lowest BCUT2D eigenvalue weighted by atomic mass is 9.77. The molecule has 0 saturated carbocycles. The van der Waals surface area contributed by atoms with Crippen molar-refractivity contribution in [3.05, 3.63) is 35.6 Å². The van der Waals surface area contributed by atoms with Crippen molar-refractivity contribution in [3.8, 4) is 0 Å². The summed E-state index contributed by atoms with van der Waals surface area (Å²) >= 11 is 0. The van der Waals surface area contributed by atoms with Gasteiger partial charge in [-0.1, -0.05) is 26.0 Å². The van der Waals surface area contributed by atoms with E-state index < -0.39 is 34.9 Å². The Hall–Kier alpha value is -2.11. The first kappa shape index (κ1) is 17.9. The van der Waals surface area contributed by atoms with Crippen LogP contribution in [0, 0.1) is 5.82 Å². The van der Waals surface area contributed by atoms with E-state index in [1.165, 1.54) is 24.3 Å². The van der Waals surface area contributed by atoms with Gasteiger partial charge in [0.25, 0.3) is 0 Å². The number of hydrogen-bond donors (Lipinski definition) is 2. The van der Waals surface area contributed by atoms with Crippen molar-refractivity contribution >= 4 is 12.1 Å². The van der Waals surface area contributed by atoms with Crippen LogP contribution in [0.5, 0.6) is 0 Å². The number of carbonyl (C=O) groups excluding carboxylic acids is 1. The highest BCUT2D eigenvalue weighted by molar-refractivity contribution is 5.82. The fourth-order valence-electron chi connectivity index (χ4n) is 2.02. The van der Waals surface area contributed by atoms with E-state index in [4.69, 9.17) is 4.74 Å². The maximum Gasteiger partial charge on any atom is 0.408 e. The average molecular weight is 311 g/mol. The molecule has 0 fully saturated rings. The van der Waals surface area contributed by atoms with Gasteiger partial charge in [-0.2, -0.15) is 0 Å². The van der Waals surface area contributed by atoms with E-state index in [1.54, 1.807) is 34.6 Å². The van der Waals surface area contributed by atoms with Crippen molar-refractivity contribution in [2.75, 3.05) is 0 Å². The van der Waals surface area contributed by atoms with E-state index in [9.17, 15) is 19.1 Å². The molecule has 0 saturated heterocycles. The fourth-order valence-corrected chi connectivity index (χ4v) is 2.02. The van der Waals surface area contributed by atoms with Crippen LogP contribution >= 0.6 is 0 Å². The second kappa shape index (κ2) is 6.34. The van der Waals surface area contributed by atoms with Crippen LogP contribution in [-0.2, 0) is 14.9 Å². The third-order valence-electron chi connectivity index (χ3n) is 3.22. The van der Waals surface area contributed by atoms with E-state index in [2.05, 4.69) is 5.32 Å². The van der Waals surface area contributed by atoms with E-state index in [0.717, 1.165) is 0 Å². The average Bonchev–Trinajstić information content (AvgIpc) is 2.33. The standard InChI is InChI=1S/C16H22FNO4/c1-15(2,3)22-14(21)18-12(13(19)20)16(4,5)10-6-8-11(17)9-7-10/h6-9,12H,1-5H3,(H,18,21)(H,19,20). The minimum atomic E-state index is -1.21. The zero-order valence-electron chi connectivity index (χ0n) is 13.4. The quantitative estimate of drug-likeness (QED) is 0.896. The highest BCUT2D eigenvalue weighted by Crippen LogP contribution is 2.28. The minimum Gasteiger partial charge on any atom is -0.480 e. The summed E-state index contributed by atoms with van der Waals surface area (Å²) in [7, 11) is 0. The monoisotopic (exact) mass is 311 g/mol. The molecule has 0 spiro atoms. The summed E-state index contributed by atoms with van der Waals surface area (Å²) in [6.45, 7) is 8.39. The molecule has 1 unspecified atom stereocenters. The summed E-state index contributed by atoms with van der Waals surface area (Å²) in [5.41, 5.74) is -1.08. The smallest absolute Gasteiger partial charge is 0.408 e. The van der Waals surface area contributed by atoms with Crippen molar-refractivity contribution in [2.24, 2.45) is 0 Å². The predicted octanol–water partition coefficient (Wildman–Crippen LogP) is 3.08. The second-order valence-corrected chi connectivity index (χ2v) is 6.65. The number of halogens is 1. The Kier molecular flexibility index (Phi) is 5.17. The molecule has 1 atom stereocenters. The Balaban J connectivity index is 3.01. The first-order valence-electron chi connectivity index (χ1n) is 6.92. The predicted molar refractivity (Wildman–Crippen MR) is 80.2 cm³/mol. The van der Waals surface area contributed by atoms with Crippen molar-refractivity contribution < 1.29 is 23.8 Å². The molecule has 2 N–H and O–H groups in total. The molecule has 5 nitrogen and oxygen atoms in total. The van der Waals surface area contributed by atoms with Crippen LogP contribution in [0.25, 0.3) is 0 Å². The summed E-state index contributed by atoms with van der Waals surface area (Å²) in [6, 6.07) is 4.30. The van der Waals surface area contributed by atoms with Gasteiger partial charge in [-0.3, -0.25) is 0 Å². The summed E-state index contributed by atoms with van der Waals surface area (Å²) in [6.07, 6.45) is -0.810. The largest absolute Gasteiger partial charge is 0.480 e. The molecule has 0 radical (unpaired) electrons. The number of hydrogen-bond acceptors (Lipinski definition) is 3. The number of amides is 1. The fraction of sp³-hybridized carbons (Fsp3) is 0.500. The summed E-state index contributed by atoms with van der Waals surface area (Å²) < 4.78 is 18.1. The van der Waals surface area contributed by atoms with Gasteiger partial charge >= 0.3 is 12.1 Å². The molecule has 6 heteroatoms. The SMILES string of the molecule is CC(C)(C)OC(=O)NC(C(=O)O)C(C)(C)c1ccc(F)cc1. The van der Waals surface area contributed by atoms with Gasteiger partial charge in [-0.15, -0.1) is 0 Å². The van der Waals surface area contributed by atoms with E-state index in [0.29, 0.717) is 5.56 Å². The number of carboxylic acids is 1. The maximum absolute atomic E-state index is 13.0. The van der Waals surface area contributed by atoms with E-state index in [-0.39, 0.29) is 0 Å². The lowest BCUT2D eigenvalue weighted by molar-refractivity contribution is -0.141. The maximum atomic E-state index is 13.0. The molecule has 1 aromatic carbocycles. The lowest BCUT2D eigenvalue weighted by Crippen LogP contribution is -2.53. The van der Waals surface area contributed by atoms with Gasteiger partial charge < -0.3 is 15.2 Å². The van der Waals surface area contributed by atoms with Gasteiger partial charge in [0, 0.05) is 5.41 Å². The zero-order valence-corrected chi connectivity index (χ0v) is 13.4. The number of rotatable bonds is 4. The van der Waals surface area contributed by atoms with Crippen molar-refractivity contribution in [2.45, 2.75) is 51.7 Å². The molecule has 22 heavy (non-hydrogen) atoms. The minimum absolute atomic E-state index is 0.411. The molecule has 0 aliphatic heterocycles. The van der Waals surface area contributed by atoms with Gasteiger partial charge in [0.2, 0.25) is 0 Å². The first-order chi connectivity index (χ1) is 9.93. The van der Waals surface area contributed by atoms with Crippen LogP contribution in [-0.4, -0.2) is 28.8 Å². The Morgan fingerprint density at radius 3 is 2.05 bits per heavy atom. The molecular formula is C16H22FNO4. The normalized spacial score (nSPS) is 13.4. The number of carboxylic acid groups (broad SMARTS) is 1. The molecule has 1 aromatic rings. The highest BCUT2D eigenvalue weighted by Gasteiger charge is 2.38. The van der Waals surface area contributed by atoms with Crippen molar-refractivity contribution in [3.63, 3.8) is 0 Å². The Morgan fingerprint density at radius 1 is 1.14 bits per heavy atom. The van der Waals surface area contributed by atoms with Gasteiger partial charge in [0.1, 0.15) is 17.5 Å². The first-order valence-corrected chi connectivity index (χ1v) is 6.92. The third-order valence-corrected chi connectivity index (χ3v) is 3.22. The third kappa shape index (κ3) is 4.72. The number of nitrogens with one attached hydrogen (secondary N) is 1. The van der Waals surface area contributed by atoms with Crippen LogP contribution in [0.1, 0.15) is 40.2 Å². The molecule has 0 aliphatic rings. The topological polar surface area (TPSA) is 75.6 Å². The molecule has 0 bridgehead atoms. The zero-order chi connectivity index (χ0) is 17.1. The van der Waals surface area contributed by atoms with Crippen molar-refractivity contribution in [1.29, 1.82) is 0 Å². The number of aliphatic carboxylic acids is 1. The van der Waals surface area contributed by atoms with Crippen LogP contribution < -0.4 is 5.32 Å². The van der Waals surface area contributed by atoms with Gasteiger partial charge in [-0.05, 0) is 38.5 Å². The molecule has 1 rings (SSSR count). The van der Waals surface area contributed by atoms with Crippen molar-refractivity contribution in [1.82, 2.24) is 5.32 Å². The number of carbonyl (C=O) groups is 2. The Labute approximate surface area is 129 Å². The molecule has 0 aliphatic carbocycles. The summed E-state index contributed by atoms with van der Waals surface area (Å²) in [5.74, 6) is -1.60. The van der Waals surface area contributed by atoms with Gasteiger partial charge in [0.05, 0.1) is 0 Å². The molecular weight excluding hydrogens is 289 g/mol. The van der Waals surface area contributed by atoms with Crippen LogP contribution in [0.2, 0.25) is 0 Å². The van der Waals surface area contributed by atoms with E-state index in [1.807, 2.05) is 0 Å².